The van der Waals surface area contributed by atoms with E-state index >= 15 is 0 Å². The third-order valence-corrected chi connectivity index (χ3v) is 1.48. The molecule has 1 aromatic rings. The van der Waals surface area contributed by atoms with Crippen LogP contribution in [0.1, 0.15) is 0 Å². The molecule has 1 amide bonds. The van der Waals surface area contributed by atoms with Crippen LogP contribution in [-0.2, 0) is 4.74 Å². The highest BCUT2D eigenvalue weighted by molar-refractivity contribution is 6.29. The first-order valence-corrected chi connectivity index (χ1v) is 4.27. The van der Waals surface area contributed by atoms with Crippen LogP contribution in [-0.4, -0.2) is 29.4 Å². The van der Waals surface area contributed by atoms with Crippen LogP contribution in [0.3, 0.4) is 0 Å². The van der Waals surface area contributed by atoms with E-state index < -0.39 is 6.09 Å². The fourth-order valence-electron chi connectivity index (χ4n) is 0.757. The van der Waals surface area contributed by atoms with E-state index in [0.717, 1.165) is 0 Å². The summed E-state index contributed by atoms with van der Waals surface area (Å²) < 4.78 is 4.55. The lowest BCUT2D eigenvalue weighted by atomic mass is 10.5. The Kier molecular flexibility index (Phi) is 4.15. The van der Waals surface area contributed by atoms with Crippen molar-refractivity contribution in [2.75, 3.05) is 18.5 Å². The largest absolute Gasteiger partial charge is 0.447 e. The summed E-state index contributed by atoms with van der Waals surface area (Å²) in [4.78, 5) is 14.8. The van der Waals surface area contributed by atoms with Gasteiger partial charge in [0.15, 0.2) is 0 Å². The van der Waals surface area contributed by atoms with Crippen molar-refractivity contribution in [2.24, 2.45) is 0 Å². The van der Waals surface area contributed by atoms with Crippen LogP contribution < -0.4 is 5.32 Å². The standard InChI is InChI=1S/C8H9ClN2O3/c9-6-2-1-3-7(10-6)11-8(13)14-5-4-12/h1-3,12H,4-5H2,(H,10,11,13). The molecule has 76 valence electrons. The second-order valence-corrected chi connectivity index (χ2v) is 2.72. The second-order valence-electron chi connectivity index (χ2n) is 2.33. The van der Waals surface area contributed by atoms with Crippen LogP contribution in [0.25, 0.3) is 0 Å². The molecular weight excluding hydrogens is 208 g/mol. The number of hydrogen-bond donors (Lipinski definition) is 2. The van der Waals surface area contributed by atoms with E-state index in [1.165, 1.54) is 0 Å². The van der Waals surface area contributed by atoms with Crippen molar-refractivity contribution in [3.05, 3.63) is 23.4 Å². The van der Waals surface area contributed by atoms with E-state index in [1.807, 2.05) is 0 Å². The van der Waals surface area contributed by atoms with E-state index in [1.54, 1.807) is 18.2 Å². The Hall–Kier alpha value is -1.33. The Morgan fingerprint density at radius 3 is 3.07 bits per heavy atom. The van der Waals surface area contributed by atoms with Crippen LogP contribution in [0.2, 0.25) is 5.15 Å². The highest BCUT2D eigenvalue weighted by Crippen LogP contribution is 2.08. The molecule has 6 heteroatoms. The third-order valence-electron chi connectivity index (χ3n) is 1.27. The smallest absolute Gasteiger partial charge is 0.412 e. The average Bonchev–Trinajstić information content (AvgIpc) is 2.15. The monoisotopic (exact) mass is 216 g/mol. The summed E-state index contributed by atoms with van der Waals surface area (Å²) in [6.07, 6.45) is -0.672. The highest BCUT2D eigenvalue weighted by Gasteiger charge is 2.03. The molecule has 0 unspecified atom stereocenters. The molecule has 0 aliphatic rings. The predicted octanol–water partition coefficient (Wildman–Crippen LogP) is 1.28. The molecule has 2 N–H and O–H groups in total. The topological polar surface area (TPSA) is 71.5 Å². The minimum Gasteiger partial charge on any atom is -0.447 e. The van der Waals surface area contributed by atoms with Gasteiger partial charge in [-0.25, -0.2) is 9.78 Å². The van der Waals surface area contributed by atoms with E-state index in [-0.39, 0.29) is 18.4 Å². The van der Waals surface area contributed by atoms with Gasteiger partial charge in [0.2, 0.25) is 0 Å². The van der Waals surface area contributed by atoms with Gasteiger partial charge in [0.25, 0.3) is 0 Å². The number of nitrogens with one attached hydrogen (secondary N) is 1. The van der Waals surface area contributed by atoms with E-state index in [4.69, 9.17) is 16.7 Å². The first-order valence-electron chi connectivity index (χ1n) is 3.89. The maximum atomic E-state index is 11.0. The van der Waals surface area contributed by atoms with Crippen molar-refractivity contribution in [3.8, 4) is 0 Å². The normalized spacial score (nSPS) is 9.57. The van der Waals surface area contributed by atoms with Crippen molar-refractivity contribution >= 4 is 23.5 Å². The minimum absolute atomic E-state index is 0.0492. The zero-order valence-electron chi connectivity index (χ0n) is 7.24. The molecule has 0 saturated carbocycles. The lowest BCUT2D eigenvalue weighted by molar-refractivity contribution is 0.131. The van der Waals surface area contributed by atoms with Crippen molar-refractivity contribution in [1.29, 1.82) is 0 Å². The van der Waals surface area contributed by atoms with Crippen LogP contribution in [0.15, 0.2) is 18.2 Å². The van der Waals surface area contributed by atoms with Gasteiger partial charge >= 0.3 is 6.09 Å². The maximum Gasteiger partial charge on any atom is 0.412 e. The number of aliphatic hydroxyl groups excluding tert-OH is 1. The molecule has 0 atom stereocenters. The number of aromatic nitrogens is 1. The Labute approximate surface area is 85.7 Å². The molecule has 0 radical (unpaired) electrons. The zero-order valence-corrected chi connectivity index (χ0v) is 7.99. The van der Waals surface area contributed by atoms with Gasteiger partial charge in [0, 0.05) is 0 Å². The number of rotatable bonds is 3. The Morgan fingerprint density at radius 2 is 2.43 bits per heavy atom. The number of nitrogens with zero attached hydrogens (tertiary/aromatic N) is 1. The second kappa shape index (κ2) is 5.41. The third kappa shape index (κ3) is 3.59. The molecule has 1 heterocycles. The van der Waals surface area contributed by atoms with Crippen molar-refractivity contribution in [3.63, 3.8) is 0 Å². The molecule has 0 aliphatic carbocycles. The molecule has 1 aromatic heterocycles. The van der Waals surface area contributed by atoms with E-state index in [2.05, 4.69) is 15.0 Å². The fourth-order valence-corrected chi connectivity index (χ4v) is 0.921. The predicted molar refractivity (Wildman–Crippen MR) is 51.3 cm³/mol. The van der Waals surface area contributed by atoms with Gasteiger partial charge in [-0.3, -0.25) is 5.32 Å². The van der Waals surface area contributed by atoms with Gasteiger partial charge in [0.05, 0.1) is 6.61 Å². The quantitative estimate of drug-likeness (QED) is 0.747. The molecule has 0 fully saturated rings. The van der Waals surface area contributed by atoms with Crippen LogP contribution in [0.5, 0.6) is 0 Å². The summed E-state index contributed by atoms with van der Waals surface area (Å²) in [7, 11) is 0. The summed E-state index contributed by atoms with van der Waals surface area (Å²) in [6.45, 7) is -0.261. The number of carbonyl (C=O) groups excluding carboxylic acids is 1. The Bertz CT molecular complexity index is 319. The Balaban J connectivity index is 2.47. The van der Waals surface area contributed by atoms with E-state index in [9.17, 15) is 4.79 Å². The lowest BCUT2D eigenvalue weighted by Gasteiger charge is -2.04. The number of anilines is 1. The van der Waals surface area contributed by atoms with Gasteiger partial charge in [-0.15, -0.1) is 0 Å². The van der Waals surface area contributed by atoms with E-state index in [0.29, 0.717) is 5.82 Å². The summed E-state index contributed by atoms with van der Waals surface area (Å²) >= 11 is 5.59. The number of ether oxygens (including phenoxy) is 1. The zero-order chi connectivity index (χ0) is 10.4. The first kappa shape index (κ1) is 10.7. The summed E-state index contributed by atoms with van der Waals surface area (Å²) in [5.74, 6) is 0.306. The van der Waals surface area contributed by atoms with Crippen LogP contribution in [0, 0.1) is 0 Å². The Morgan fingerprint density at radius 1 is 1.64 bits per heavy atom. The van der Waals surface area contributed by atoms with Gasteiger partial charge < -0.3 is 9.84 Å². The highest BCUT2D eigenvalue weighted by atomic mass is 35.5. The van der Waals surface area contributed by atoms with Crippen LogP contribution >= 0.6 is 11.6 Å². The fraction of sp³-hybridized carbons (Fsp3) is 0.250. The SMILES string of the molecule is O=C(Nc1cccc(Cl)n1)OCCO. The number of amides is 1. The average molecular weight is 217 g/mol. The lowest BCUT2D eigenvalue weighted by Crippen LogP contribution is -2.16. The number of hydrogen-bond acceptors (Lipinski definition) is 4. The van der Waals surface area contributed by atoms with Crippen molar-refractivity contribution < 1.29 is 14.6 Å². The first-order chi connectivity index (χ1) is 6.72. The van der Waals surface area contributed by atoms with Gasteiger partial charge in [-0.05, 0) is 12.1 Å². The summed E-state index contributed by atoms with van der Waals surface area (Å²) in [5, 5.41) is 11.0. The molecule has 0 aliphatic heterocycles. The van der Waals surface area contributed by atoms with Gasteiger partial charge in [0.1, 0.15) is 17.6 Å². The molecular formula is C8H9ClN2O3. The maximum absolute atomic E-state index is 11.0. The summed E-state index contributed by atoms with van der Waals surface area (Å²) in [6, 6.07) is 4.81. The molecule has 5 nitrogen and oxygen atoms in total. The molecule has 0 bridgehead atoms. The van der Waals surface area contributed by atoms with Crippen LogP contribution in [0.4, 0.5) is 10.6 Å². The van der Waals surface area contributed by atoms with Crippen molar-refractivity contribution in [1.82, 2.24) is 4.98 Å². The molecule has 1 rings (SSSR count). The molecule has 0 aromatic carbocycles. The molecule has 0 saturated heterocycles. The van der Waals surface area contributed by atoms with Gasteiger partial charge in [-0.2, -0.15) is 0 Å². The number of pyridine rings is 1. The van der Waals surface area contributed by atoms with Crippen molar-refractivity contribution in [2.45, 2.75) is 0 Å². The minimum atomic E-state index is -0.672. The number of halogens is 1. The van der Waals surface area contributed by atoms with Gasteiger partial charge in [-0.1, -0.05) is 17.7 Å². The number of carbonyl (C=O) groups is 1. The number of aliphatic hydroxyl groups is 1. The summed E-state index contributed by atoms with van der Waals surface area (Å²) in [5.41, 5.74) is 0. The molecule has 0 spiro atoms. The molecule has 14 heavy (non-hydrogen) atoms.